The van der Waals surface area contributed by atoms with Gasteiger partial charge < -0.3 is 15.1 Å². The number of nitrogens with one attached hydrogen (secondary N) is 1. The molecule has 0 spiro atoms. The van der Waals surface area contributed by atoms with Crippen molar-refractivity contribution in [1.29, 1.82) is 0 Å². The summed E-state index contributed by atoms with van der Waals surface area (Å²) in [4.78, 5) is 31.8. The Labute approximate surface area is 159 Å². The summed E-state index contributed by atoms with van der Waals surface area (Å²) >= 11 is 0. The van der Waals surface area contributed by atoms with Gasteiger partial charge in [0.1, 0.15) is 5.82 Å². The first-order valence-corrected chi connectivity index (χ1v) is 9.01. The summed E-state index contributed by atoms with van der Waals surface area (Å²) in [6.07, 6.45) is 6.57. The Balaban J connectivity index is 1.51. The van der Waals surface area contributed by atoms with Crippen LogP contribution in [0.15, 0.2) is 48.7 Å². The quantitative estimate of drug-likeness (QED) is 0.800. The number of amides is 2. The maximum atomic E-state index is 12.0. The number of anilines is 2. The van der Waals surface area contributed by atoms with Crippen molar-refractivity contribution in [3.63, 3.8) is 0 Å². The lowest BCUT2D eigenvalue weighted by Crippen LogP contribution is -2.23. The van der Waals surface area contributed by atoms with Crippen LogP contribution in [0.2, 0.25) is 0 Å². The molecule has 1 aromatic carbocycles. The smallest absolute Gasteiger partial charge is 0.244 e. The number of carbonyl (C=O) groups excluding carboxylic acids is 2. The predicted octanol–water partition coefficient (Wildman–Crippen LogP) is 2.60. The molecular weight excluding hydrogens is 340 g/mol. The van der Waals surface area contributed by atoms with Crippen molar-refractivity contribution in [3.8, 4) is 0 Å². The molecule has 27 heavy (non-hydrogen) atoms. The van der Waals surface area contributed by atoms with Gasteiger partial charge in [-0.1, -0.05) is 18.2 Å². The maximum absolute atomic E-state index is 12.0. The summed E-state index contributed by atoms with van der Waals surface area (Å²) in [7, 11) is 3.87. The van der Waals surface area contributed by atoms with Crippen LogP contribution in [0.4, 0.5) is 11.5 Å². The second-order valence-electron chi connectivity index (χ2n) is 6.71. The summed E-state index contributed by atoms with van der Waals surface area (Å²) in [5.74, 6) is 0.889. The van der Waals surface area contributed by atoms with Gasteiger partial charge in [0.05, 0.1) is 0 Å². The van der Waals surface area contributed by atoms with E-state index in [2.05, 4.69) is 10.3 Å². The van der Waals surface area contributed by atoms with Crippen molar-refractivity contribution >= 4 is 29.4 Å². The second kappa shape index (κ2) is 8.49. The van der Waals surface area contributed by atoms with Crippen LogP contribution in [-0.4, -0.2) is 37.4 Å². The number of pyridine rings is 1. The molecule has 1 aromatic heterocycles. The van der Waals surface area contributed by atoms with Gasteiger partial charge in [0.15, 0.2) is 0 Å². The van der Waals surface area contributed by atoms with Crippen molar-refractivity contribution in [2.45, 2.75) is 19.4 Å². The number of rotatable bonds is 6. The lowest BCUT2D eigenvalue weighted by molar-refractivity contribution is -0.117. The average Bonchev–Trinajstić information content (AvgIpc) is 3.11. The summed E-state index contributed by atoms with van der Waals surface area (Å²) in [5, 5.41) is 2.85. The van der Waals surface area contributed by atoms with Gasteiger partial charge in [0.2, 0.25) is 11.8 Å². The number of hydrogen-bond donors (Lipinski definition) is 1. The van der Waals surface area contributed by atoms with Crippen molar-refractivity contribution in [1.82, 2.24) is 10.3 Å². The Morgan fingerprint density at radius 3 is 2.59 bits per heavy atom. The van der Waals surface area contributed by atoms with Crippen LogP contribution in [0.25, 0.3) is 6.08 Å². The van der Waals surface area contributed by atoms with E-state index in [0.29, 0.717) is 13.0 Å². The van der Waals surface area contributed by atoms with Crippen molar-refractivity contribution in [2.24, 2.45) is 0 Å². The lowest BCUT2D eigenvalue weighted by Gasteiger charge is -2.15. The molecule has 2 amide bonds. The van der Waals surface area contributed by atoms with E-state index in [-0.39, 0.29) is 11.8 Å². The highest BCUT2D eigenvalue weighted by atomic mass is 16.2. The molecular formula is C21H24N4O2. The Hall–Kier alpha value is -3.15. The molecule has 1 aliphatic rings. The largest absolute Gasteiger partial charge is 0.363 e. The fraction of sp³-hybridized carbons (Fsp3) is 0.286. The van der Waals surface area contributed by atoms with Crippen molar-refractivity contribution in [2.75, 3.05) is 30.4 Å². The fourth-order valence-corrected chi connectivity index (χ4v) is 2.89. The summed E-state index contributed by atoms with van der Waals surface area (Å²) in [6, 6.07) is 11.5. The molecule has 0 radical (unpaired) electrons. The van der Waals surface area contributed by atoms with E-state index in [1.807, 2.05) is 55.4 Å². The normalized spacial score (nSPS) is 14.0. The molecule has 1 aliphatic heterocycles. The predicted molar refractivity (Wildman–Crippen MR) is 107 cm³/mol. The SMILES string of the molecule is CN(C)c1ccc(CNC(=O)/C=C/c2ccc(N3CCCC3=O)cc2)cn1. The van der Waals surface area contributed by atoms with E-state index >= 15 is 0 Å². The standard InChI is InChI=1S/C21H24N4O2/c1-24(2)19-11-7-17(14-22-19)15-23-20(26)12-8-16-5-9-18(10-6-16)25-13-3-4-21(25)27/h5-12,14H,3-4,13,15H2,1-2H3,(H,23,26)/b12-8+. The van der Waals surface area contributed by atoms with Crippen molar-refractivity contribution in [3.05, 3.63) is 59.8 Å². The molecule has 1 fully saturated rings. The molecule has 6 nitrogen and oxygen atoms in total. The maximum Gasteiger partial charge on any atom is 0.244 e. The van der Waals surface area contributed by atoms with Crippen LogP contribution < -0.4 is 15.1 Å². The third-order valence-electron chi connectivity index (χ3n) is 4.44. The Morgan fingerprint density at radius 1 is 1.22 bits per heavy atom. The van der Waals surface area contributed by atoms with Gasteiger partial charge in [-0.2, -0.15) is 0 Å². The van der Waals surface area contributed by atoms with E-state index in [9.17, 15) is 9.59 Å². The Morgan fingerprint density at radius 2 is 2.00 bits per heavy atom. The third-order valence-corrected chi connectivity index (χ3v) is 4.44. The Bertz CT molecular complexity index is 826. The van der Waals surface area contributed by atoms with E-state index < -0.39 is 0 Å². The number of nitrogens with zero attached hydrogens (tertiary/aromatic N) is 3. The minimum Gasteiger partial charge on any atom is -0.363 e. The van der Waals surface area contributed by atoms with E-state index in [1.54, 1.807) is 17.2 Å². The number of benzene rings is 1. The molecule has 1 N–H and O–H groups in total. The molecule has 0 saturated carbocycles. The minimum atomic E-state index is -0.162. The van der Waals surface area contributed by atoms with Crippen LogP contribution in [0.5, 0.6) is 0 Å². The van der Waals surface area contributed by atoms with Crippen LogP contribution in [0.1, 0.15) is 24.0 Å². The lowest BCUT2D eigenvalue weighted by atomic mass is 10.2. The number of hydrogen-bond acceptors (Lipinski definition) is 4. The molecule has 140 valence electrons. The first-order valence-electron chi connectivity index (χ1n) is 9.01. The van der Waals surface area contributed by atoms with Gasteiger partial charge in [0.25, 0.3) is 0 Å². The molecule has 1 saturated heterocycles. The fourth-order valence-electron chi connectivity index (χ4n) is 2.89. The first kappa shape index (κ1) is 18.6. The van der Waals surface area contributed by atoms with Crippen LogP contribution in [-0.2, 0) is 16.1 Å². The summed E-state index contributed by atoms with van der Waals surface area (Å²) < 4.78 is 0. The summed E-state index contributed by atoms with van der Waals surface area (Å²) in [5.41, 5.74) is 2.77. The van der Waals surface area contributed by atoms with Gasteiger partial charge in [-0.25, -0.2) is 4.98 Å². The zero-order valence-electron chi connectivity index (χ0n) is 15.7. The van der Waals surface area contributed by atoms with Gasteiger partial charge in [-0.3, -0.25) is 9.59 Å². The number of carbonyl (C=O) groups is 2. The Kier molecular flexibility index (Phi) is 5.86. The van der Waals surface area contributed by atoms with Gasteiger partial charge in [-0.05, 0) is 41.8 Å². The molecule has 6 heteroatoms. The van der Waals surface area contributed by atoms with E-state index in [0.717, 1.165) is 35.6 Å². The third kappa shape index (κ3) is 4.94. The van der Waals surface area contributed by atoms with Gasteiger partial charge in [-0.15, -0.1) is 0 Å². The molecule has 2 aromatic rings. The second-order valence-corrected chi connectivity index (χ2v) is 6.71. The molecule has 0 unspecified atom stereocenters. The number of aromatic nitrogens is 1. The first-order chi connectivity index (χ1) is 13.0. The van der Waals surface area contributed by atoms with Gasteiger partial charge >= 0.3 is 0 Å². The molecule has 0 aliphatic carbocycles. The average molecular weight is 364 g/mol. The highest BCUT2D eigenvalue weighted by molar-refractivity contribution is 5.95. The molecule has 3 rings (SSSR count). The van der Waals surface area contributed by atoms with E-state index in [1.165, 1.54) is 6.08 Å². The molecule has 0 atom stereocenters. The molecule has 0 bridgehead atoms. The van der Waals surface area contributed by atoms with Crippen LogP contribution in [0, 0.1) is 0 Å². The highest BCUT2D eigenvalue weighted by Crippen LogP contribution is 2.21. The van der Waals surface area contributed by atoms with Crippen LogP contribution >= 0.6 is 0 Å². The minimum absolute atomic E-state index is 0.162. The van der Waals surface area contributed by atoms with E-state index in [4.69, 9.17) is 0 Å². The zero-order valence-corrected chi connectivity index (χ0v) is 15.7. The summed E-state index contributed by atoms with van der Waals surface area (Å²) in [6.45, 7) is 1.21. The van der Waals surface area contributed by atoms with Crippen LogP contribution in [0.3, 0.4) is 0 Å². The monoisotopic (exact) mass is 364 g/mol. The zero-order chi connectivity index (χ0) is 19.2. The van der Waals surface area contributed by atoms with Crippen molar-refractivity contribution < 1.29 is 9.59 Å². The topological polar surface area (TPSA) is 65.5 Å². The van der Waals surface area contributed by atoms with Gasteiger partial charge in [0, 0.05) is 51.6 Å². The highest BCUT2D eigenvalue weighted by Gasteiger charge is 2.21. The molecule has 2 heterocycles.